The first-order chi connectivity index (χ1) is 9.65. The van der Waals surface area contributed by atoms with E-state index >= 15 is 0 Å². The highest BCUT2D eigenvalue weighted by Gasteiger charge is 2.27. The number of hydrogen-bond donors (Lipinski definition) is 2. The normalized spacial score (nSPS) is 13.8. The van der Waals surface area contributed by atoms with Crippen LogP contribution in [0.25, 0.3) is 0 Å². The zero-order valence-corrected chi connectivity index (χ0v) is 12.2. The number of rotatable bonds is 3. The van der Waals surface area contributed by atoms with Gasteiger partial charge in [0.05, 0.1) is 17.3 Å². The zero-order chi connectivity index (χ0) is 14.1. The first-order valence-corrected chi connectivity index (χ1v) is 7.06. The van der Waals surface area contributed by atoms with Crippen LogP contribution in [0.3, 0.4) is 0 Å². The molecule has 1 heterocycles. The fourth-order valence-electron chi connectivity index (χ4n) is 1.90. The zero-order valence-electron chi connectivity index (χ0n) is 10.6. The van der Waals surface area contributed by atoms with Crippen molar-refractivity contribution < 1.29 is 0 Å². The molecule has 1 saturated carbocycles. The van der Waals surface area contributed by atoms with Gasteiger partial charge in [0, 0.05) is 16.5 Å². The van der Waals surface area contributed by atoms with Gasteiger partial charge in [0.15, 0.2) is 0 Å². The maximum Gasteiger partial charge on any atom is 0.136 e. The fraction of sp³-hybridized carbons (Fsp3) is 0.214. The molecule has 0 bridgehead atoms. The van der Waals surface area contributed by atoms with E-state index in [-0.39, 0.29) is 0 Å². The van der Waals surface area contributed by atoms with Crippen molar-refractivity contribution in [3.05, 3.63) is 40.1 Å². The van der Waals surface area contributed by atoms with E-state index in [1.165, 1.54) is 0 Å². The van der Waals surface area contributed by atoms with Crippen molar-refractivity contribution in [1.82, 2.24) is 9.97 Å². The Morgan fingerprint density at radius 2 is 2.10 bits per heavy atom. The third-order valence-corrected chi connectivity index (χ3v) is 3.72. The van der Waals surface area contributed by atoms with Crippen LogP contribution in [0.1, 0.15) is 30.1 Å². The summed E-state index contributed by atoms with van der Waals surface area (Å²) in [6.07, 6.45) is 2.26. The molecule has 0 spiro atoms. The van der Waals surface area contributed by atoms with Crippen LogP contribution in [-0.2, 0) is 0 Å². The summed E-state index contributed by atoms with van der Waals surface area (Å²) in [4.78, 5) is 8.75. The van der Waals surface area contributed by atoms with Crippen LogP contribution in [0, 0.1) is 11.3 Å². The minimum Gasteiger partial charge on any atom is -0.384 e. The van der Waals surface area contributed by atoms with Crippen molar-refractivity contribution in [2.45, 2.75) is 18.8 Å². The second kappa shape index (κ2) is 5.10. The third kappa shape index (κ3) is 2.73. The highest BCUT2D eigenvalue weighted by molar-refractivity contribution is 9.10. The number of anilines is 3. The van der Waals surface area contributed by atoms with Gasteiger partial charge in [-0.05, 0) is 47.0 Å². The quantitative estimate of drug-likeness (QED) is 0.901. The van der Waals surface area contributed by atoms with Crippen LogP contribution in [-0.4, -0.2) is 9.97 Å². The summed E-state index contributed by atoms with van der Waals surface area (Å²) in [6.45, 7) is 0. The summed E-state index contributed by atoms with van der Waals surface area (Å²) in [5, 5.41) is 12.1. The molecule has 0 atom stereocenters. The number of halogens is 1. The van der Waals surface area contributed by atoms with Crippen molar-refractivity contribution in [3.63, 3.8) is 0 Å². The second-order valence-electron chi connectivity index (χ2n) is 4.74. The minimum atomic E-state index is 0.448. The van der Waals surface area contributed by atoms with E-state index in [4.69, 9.17) is 11.0 Å². The molecule has 1 fully saturated rings. The van der Waals surface area contributed by atoms with E-state index in [0.717, 1.165) is 28.8 Å². The van der Waals surface area contributed by atoms with Crippen molar-refractivity contribution >= 4 is 33.3 Å². The van der Waals surface area contributed by atoms with Crippen LogP contribution in [0.4, 0.5) is 17.3 Å². The lowest BCUT2D eigenvalue weighted by Gasteiger charge is -2.10. The van der Waals surface area contributed by atoms with E-state index in [9.17, 15) is 0 Å². The molecular weight excluding hydrogens is 318 g/mol. The molecule has 1 aliphatic carbocycles. The average molecular weight is 330 g/mol. The highest BCUT2D eigenvalue weighted by Crippen LogP contribution is 2.39. The maximum absolute atomic E-state index is 8.86. The average Bonchev–Trinajstić information content (AvgIpc) is 3.25. The van der Waals surface area contributed by atoms with E-state index in [1.807, 2.05) is 6.07 Å². The molecule has 100 valence electrons. The monoisotopic (exact) mass is 329 g/mol. The lowest BCUT2D eigenvalue weighted by molar-refractivity contribution is 0.936. The number of nitrogens with two attached hydrogens (primary N) is 1. The summed E-state index contributed by atoms with van der Waals surface area (Å²) in [7, 11) is 0. The Morgan fingerprint density at radius 3 is 2.75 bits per heavy atom. The predicted octanol–water partition coefficient (Wildman–Crippen LogP) is 3.31. The third-order valence-electron chi connectivity index (χ3n) is 3.07. The smallest absolute Gasteiger partial charge is 0.136 e. The summed E-state index contributed by atoms with van der Waals surface area (Å²) in [6, 6.07) is 9.14. The molecule has 2 aromatic rings. The van der Waals surface area contributed by atoms with Gasteiger partial charge in [-0.25, -0.2) is 9.97 Å². The highest BCUT2D eigenvalue weighted by atomic mass is 79.9. The summed E-state index contributed by atoms with van der Waals surface area (Å²) in [5.74, 6) is 2.39. The molecule has 6 heteroatoms. The lowest BCUT2D eigenvalue weighted by Crippen LogP contribution is -2.03. The van der Waals surface area contributed by atoms with Crippen LogP contribution in [0.2, 0.25) is 0 Å². The molecule has 0 aliphatic heterocycles. The van der Waals surface area contributed by atoms with Gasteiger partial charge in [0.1, 0.15) is 17.5 Å². The van der Waals surface area contributed by atoms with E-state index in [1.54, 1.807) is 18.2 Å². The van der Waals surface area contributed by atoms with E-state index in [0.29, 0.717) is 23.1 Å². The summed E-state index contributed by atoms with van der Waals surface area (Å²) in [5.41, 5.74) is 7.25. The first kappa shape index (κ1) is 12.9. The van der Waals surface area contributed by atoms with Crippen molar-refractivity contribution in [1.29, 1.82) is 5.26 Å². The Balaban J connectivity index is 1.89. The largest absolute Gasteiger partial charge is 0.384 e. The molecule has 0 saturated heterocycles. The number of aromatic nitrogens is 2. The van der Waals surface area contributed by atoms with Crippen molar-refractivity contribution in [2.75, 3.05) is 11.1 Å². The molecule has 5 nitrogen and oxygen atoms in total. The maximum atomic E-state index is 8.86. The van der Waals surface area contributed by atoms with Crippen LogP contribution < -0.4 is 11.1 Å². The predicted molar refractivity (Wildman–Crippen MR) is 80.6 cm³/mol. The van der Waals surface area contributed by atoms with Crippen molar-refractivity contribution in [3.8, 4) is 6.07 Å². The Labute approximate surface area is 125 Å². The molecule has 0 unspecified atom stereocenters. The number of nitrogens with one attached hydrogen (secondary N) is 1. The molecule has 3 rings (SSSR count). The van der Waals surface area contributed by atoms with Crippen molar-refractivity contribution in [2.24, 2.45) is 0 Å². The molecule has 3 N–H and O–H groups in total. The Bertz CT molecular complexity index is 703. The van der Waals surface area contributed by atoms with Gasteiger partial charge < -0.3 is 11.1 Å². The Morgan fingerprint density at radius 1 is 1.30 bits per heavy atom. The number of nitrogen functional groups attached to an aromatic ring is 1. The second-order valence-corrected chi connectivity index (χ2v) is 5.60. The lowest BCUT2D eigenvalue weighted by atomic mass is 10.2. The molecular formula is C14H12BrN5. The van der Waals surface area contributed by atoms with Gasteiger partial charge in [0.25, 0.3) is 0 Å². The van der Waals surface area contributed by atoms with Crippen LogP contribution in [0.5, 0.6) is 0 Å². The molecule has 20 heavy (non-hydrogen) atoms. The number of nitriles is 1. The number of nitrogens with zero attached hydrogens (tertiary/aromatic N) is 3. The van der Waals surface area contributed by atoms with Gasteiger partial charge in [0.2, 0.25) is 0 Å². The summed E-state index contributed by atoms with van der Waals surface area (Å²) < 4.78 is 0.807. The molecule has 1 aromatic carbocycles. The molecule has 0 amide bonds. The number of benzene rings is 1. The fourth-order valence-corrected chi connectivity index (χ4v) is 2.38. The first-order valence-electron chi connectivity index (χ1n) is 6.27. The Kier molecular flexibility index (Phi) is 3.28. The Hall–Kier alpha value is -2.13. The topological polar surface area (TPSA) is 87.6 Å². The van der Waals surface area contributed by atoms with E-state index < -0.39 is 0 Å². The molecule has 0 radical (unpaired) electrons. The van der Waals surface area contributed by atoms with Gasteiger partial charge in [-0.3, -0.25) is 0 Å². The van der Waals surface area contributed by atoms with Gasteiger partial charge in [-0.15, -0.1) is 0 Å². The SMILES string of the molecule is N#Cc1ccc(Nc2cc(N)nc(C3CC3)n2)c(Br)c1. The number of hydrogen-bond acceptors (Lipinski definition) is 5. The van der Waals surface area contributed by atoms with Gasteiger partial charge >= 0.3 is 0 Å². The minimum absolute atomic E-state index is 0.448. The standard InChI is InChI=1S/C14H12BrN5/c15-10-5-8(7-16)1-4-11(10)18-13-6-12(17)19-14(20-13)9-2-3-9/h1,4-6,9H,2-3H2,(H3,17,18,19,20). The summed E-state index contributed by atoms with van der Waals surface area (Å²) >= 11 is 3.44. The molecule has 1 aliphatic rings. The van der Waals surface area contributed by atoms with Gasteiger partial charge in [-0.1, -0.05) is 0 Å². The van der Waals surface area contributed by atoms with Crippen LogP contribution in [0.15, 0.2) is 28.7 Å². The van der Waals surface area contributed by atoms with E-state index in [2.05, 4.69) is 37.3 Å². The molecule has 1 aromatic heterocycles. The van der Waals surface area contributed by atoms with Gasteiger partial charge in [-0.2, -0.15) is 5.26 Å². The van der Waals surface area contributed by atoms with Crippen LogP contribution >= 0.6 is 15.9 Å².